The summed E-state index contributed by atoms with van der Waals surface area (Å²) in [5.41, 5.74) is 1.30. The number of hydrogen-bond donors (Lipinski definition) is 1. The van der Waals surface area contributed by atoms with Crippen molar-refractivity contribution in [1.29, 1.82) is 0 Å². The number of hydrogen-bond acceptors (Lipinski definition) is 2. The zero-order valence-corrected chi connectivity index (χ0v) is 10.6. The summed E-state index contributed by atoms with van der Waals surface area (Å²) in [6.45, 7) is 8.62. The summed E-state index contributed by atoms with van der Waals surface area (Å²) in [5.74, 6) is 0. The van der Waals surface area contributed by atoms with Crippen molar-refractivity contribution in [3.05, 3.63) is 18.0 Å². The topological polar surface area (TPSA) is 29.9 Å². The summed E-state index contributed by atoms with van der Waals surface area (Å²) < 4.78 is 1.82. The van der Waals surface area contributed by atoms with Crippen molar-refractivity contribution in [1.82, 2.24) is 15.1 Å². The lowest BCUT2D eigenvalue weighted by molar-refractivity contribution is 0.767. The molecule has 0 atom stereocenters. The van der Waals surface area contributed by atoms with Crippen LogP contribution in [0.5, 0.6) is 0 Å². The molecular weight excluding hydrogens is 186 g/mol. The van der Waals surface area contributed by atoms with Gasteiger partial charge in [0.15, 0.2) is 0 Å². The summed E-state index contributed by atoms with van der Waals surface area (Å²) in [6.07, 6.45) is 7.77. The Balaban J connectivity index is 0.000000241. The standard InChI is InChI=1S/C6H10N2.C4H9N.C2H6/c1-3-6-4-7-8(2)5-6;1-2-4-5-3-1;1-2/h4-5H,3H2,1-2H3;5H,1-4H2;1-2H3. The van der Waals surface area contributed by atoms with Crippen LogP contribution in [0.4, 0.5) is 0 Å². The largest absolute Gasteiger partial charge is 0.317 e. The minimum atomic E-state index is 1.08. The second-order valence-electron chi connectivity index (χ2n) is 3.33. The van der Waals surface area contributed by atoms with Gasteiger partial charge in [0.2, 0.25) is 0 Å². The predicted molar refractivity (Wildman–Crippen MR) is 66.0 cm³/mol. The molecule has 1 saturated heterocycles. The highest BCUT2D eigenvalue weighted by Gasteiger charge is 1.93. The van der Waals surface area contributed by atoms with Crippen molar-refractivity contribution in [2.24, 2.45) is 7.05 Å². The van der Waals surface area contributed by atoms with E-state index in [1.165, 1.54) is 31.5 Å². The monoisotopic (exact) mass is 211 g/mol. The summed E-state index contributed by atoms with van der Waals surface area (Å²) in [6, 6.07) is 0. The van der Waals surface area contributed by atoms with E-state index in [1.807, 2.05) is 38.0 Å². The lowest BCUT2D eigenvalue weighted by Crippen LogP contribution is -2.03. The minimum absolute atomic E-state index is 1.08. The van der Waals surface area contributed by atoms with E-state index in [0.717, 1.165) is 6.42 Å². The fraction of sp³-hybridized carbons (Fsp3) is 0.750. The van der Waals surface area contributed by atoms with E-state index in [2.05, 4.69) is 17.3 Å². The van der Waals surface area contributed by atoms with Gasteiger partial charge in [0.25, 0.3) is 0 Å². The smallest absolute Gasteiger partial charge is 0.0521 e. The molecule has 88 valence electrons. The van der Waals surface area contributed by atoms with Crippen molar-refractivity contribution in [3.63, 3.8) is 0 Å². The Labute approximate surface area is 93.9 Å². The summed E-state index contributed by atoms with van der Waals surface area (Å²) >= 11 is 0. The zero-order chi connectivity index (χ0) is 11.5. The maximum absolute atomic E-state index is 4.00. The first-order chi connectivity index (χ1) is 7.33. The Hall–Kier alpha value is -0.830. The van der Waals surface area contributed by atoms with Gasteiger partial charge < -0.3 is 5.32 Å². The molecule has 1 N–H and O–H groups in total. The van der Waals surface area contributed by atoms with Crippen molar-refractivity contribution >= 4 is 0 Å². The quantitative estimate of drug-likeness (QED) is 0.773. The first-order valence-electron chi connectivity index (χ1n) is 6.01. The Morgan fingerprint density at radius 3 is 2.13 bits per heavy atom. The molecule has 1 aliphatic heterocycles. The van der Waals surface area contributed by atoms with Crippen LogP contribution in [-0.2, 0) is 13.5 Å². The maximum atomic E-state index is 4.00. The second kappa shape index (κ2) is 9.71. The van der Waals surface area contributed by atoms with Crippen molar-refractivity contribution in [3.8, 4) is 0 Å². The third kappa shape index (κ3) is 7.14. The van der Waals surface area contributed by atoms with Crippen molar-refractivity contribution in [2.45, 2.75) is 40.0 Å². The molecule has 0 spiro atoms. The second-order valence-corrected chi connectivity index (χ2v) is 3.33. The Morgan fingerprint density at radius 2 is 1.93 bits per heavy atom. The lowest BCUT2D eigenvalue weighted by Gasteiger charge is -1.81. The number of nitrogens with one attached hydrogen (secondary N) is 1. The average Bonchev–Trinajstić information content (AvgIpc) is 2.94. The van der Waals surface area contributed by atoms with Gasteiger partial charge in [0, 0.05) is 13.2 Å². The third-order valence-electron chi connectivity index (χ3n) is 2.12. The van der Waals surface area contributed by atoms with Crippen LogP contribution in [0.15, 0.2) is 12.4 Å². The van der Waals surface area contributed by atoms with Gasteiger partial charge in [-0.05, 0) is 37.9 Å². The molecule has 3 heteroatoms. The number of rotatable bonds is 1. The zero-order valence-electron chi connectivity index (χ0n) is 10.6. The van der Waals surface area contributed by atoms with E-state index in [0.29, 0.717) is 0 Å². The molecule has 3 nitrogen and oxygen atoms in total. The molecule has 1 fully saturated rings. The predicted octanol–water partition coefficient (Wildman–Crippen LogP) is 2.38. The molecule has 0 aliphatic carbocycles. The Kier molecular flexibility index (Phi) is 9.18. The molecule has 0 amide bonds. The van der Waals surface area contributed by atoms with Crippen LogP contribution >= 0.6 is 0 Å². The summed E-state index contributed by atoms with van der Waals surface area (Å²) in [4.78, 5) is 0. The van der Waals surface area contributed by atoms with E-state index in [-0.39, 0.29) is 0 Å². The van der Waals surface area contributed by atoms with E-state index in [4.69, 9.17) is 0 Å². The van der Waals surface area contributed by atoms with Gasteiger partial charge in [-0.1, -0.05) is 20.8 Å². The van der Waals surface area contributed by atoms with Gasteiger partial charge >= 0.3 is 0 Å². The van der Waals surface area contributed by atoms with Crippen LogP contribution in [-0.4, -0.2) is 22.9 Å². The fourth-order valence-corrected chi connectivity index (χ4v) is 1.28. The first-order valence-corrected chi connectivity index (χ1v) is 6.01. The van der Waals surface area contributed by atoms with Crippen LogP contribution in [0, 0.1) is 0 Å². The van der Waals surface area contributed by atoms with Crippen molar-refractivity contribution in [2.75, 3.05) is 13.1 Å². The molecule has 0 radical (unpaired) electrons. The molecule has 2 rings (SSSR count). The van der Waals surface area contributed by atoms with Gasteiger partial charge in [-0.3, -0.25) is 4.68 Å². The highest BCUT2D eigenvalue weighted by atomic mass is 15.2. The molecular formula is C12H25N3. The number of aryl methyl sites for hydroxylation is 2. The fourth-order valence-electron chi connectivity index (χ4n) is 1.28. The summed E-state index contributed by atoms with van der Waals surface area (Å²) in [5, 5.41) is 7.23. The Morgan fingerprint density at radius 1 is 1.33 bits per heavy atom. The van der Waals surface area contributed by atoms with Crippen molar-refractivity contribution < 1.29 is 0 Å². The molecule has 15 heavy (non-hydrogen) atoms. The highest BCUT2D eigenvalue weighted by molar-refractivity contribution is 5.02. The first kappa shape index (κ1) is 14.2. The summed E-state index contributed by atoms with van der Waals surface area (Å²) in [7, 11) is 1.93. The molecule has 0 saturated carbocycles. The normalized spacial score (nSPS) is 13.6. The third-order valence-corrected chi connectivity index (χ3v) is 2.12. The molecule has 1 aliphatic rings. The Bertz CT molecular complexity index is 219. The van der Waals surface area contributed by atoms with E-state index < -0.39 is 0 Å². The SMILES string of the molecule is C1CCNC1.CC.CCc1cnn(C)c1. The minimum Gasteiger partial charge on any atom is -0.317 e. The molecule has 0 bridgehead atoms. The number of nitrogens with zero attached hydrogens (tertiary/aromatic N) is 2. The number of aromatic nitrogens is 2. The highest BCUT2D eigenvalue weighted by Crippen LogP contribution is 1.94. The molecule has 1 aromatic rings. The van der Waals surface area contributed by atoms with Crippen LogP contribution in [0.25, 0.3) is 0 Å². The molecule has 2 heterocycles. The maximum Gasteiger partial charge on any atom is 0.0521 e. The molecule has 0 unspecified atom stereocenters. The van der Waals surface area contributed by atoms with E-state index in [1.54, 1.807) is 0 Å². The van der Waals surface area contributed by atoms with Gasteiger partial charge in [0.05, 0.1) is 6.20 Å². The molecule has 0 aromatic carbocycles. The van der Waals surface area contributed by atoms with Crippen LogP contribution in [0.3, 0.4) is 0 Å². The van der Waals surface area contributed by atoms with Gasteiger partial charge in [-0.25, -0.2) is 0 Å². The van der Waals surface area contributed by atoms with Gasteiger partial charge in [0.1, 0.15) is 0 Å². The lowest BCUT2D eigenvalue weighted by atomic mass is 10.3. The average molecular weight is 211 g/mol. The van der Waals surface area contributed by atoms with Gasteiger partial charge in [-0.2, -0.15) is 5.10 Å². The van der Waals surface area contributed by atoms with Gasteiger partial charge in [-0.15, -0.1) is 0 Å². The van der Waals surface area contributed by atoms with E-state index in [9.17, 15) is 0 Å². The molecule has 1 aromatic heterocycles. The van der Waals surface area contributed by atoms with E-state index >= 15 is 0 Å². The van der Waals surface area contributed by atoms with Crippen LogP contribution in [0.1, 0.15) is 39.2 Å². The van der Waals surface area contributed by atoms with Crippen LogP contribution < -0.4 is 5.32 Å². The van der Waals surface area contributed by atoms with Crippen LogP contribution in [0.2, 0.25) is 0 Å².